The molecule has 7 nitrogen and oxygen atoms in total. The summed E-state index contributed by atoms with van der Waals surface area (Å²) in [4.78, 5) is 11.7. The number of hydrogen-bond acceptors (Lipinski definition) is 5. The Labute approximate surface area is 150 Å². The van der Waals surface area contributed by atoms with E-state index in [0.29, 0.717) is 13.0 Å². The minimum atomic E-state index is -3.87. The van der Waals surface area contributed by atoms with Crippen LogP contribution in [-0.2, 0) is 14.6 Å². The molecule has 0 bridgehead atoms. The molecule has 0 aromatic heterocycles. The molecule has 3 N–H and O–H groups in total. The van der Waals surface area contributed by atoms with Crippen LogP contribution in [0, 0.1) is 0 Å². The number of sulfone groups is 1. The smallest absolute Gasteiger partial charge is 0.319 e. The zero-order valence-electron chi connectivity index (χ0n) is 13.4. The number of phenolic OH excluding ortho intramolecular Hbond substituents is 1. The van der Waals surface area contributed by atoms with E-state index < -0.39 is 26.9 Å². The number of urea groups is 1. The Bertz CT molecular complexity index is 803. The van der Waals surface area contributed by atoms with Gasteiger partial charge in [0.15, 0.2) is 15.6 Å². The Morgan fingerprint density at radius 3 is 2.76 bits per heavy atom. The molecule has 2 amide bonds. The van der Waals surface area contributed by atoms with Gasteiger partial charge in [0.05, 0.1) is 22.6 Å². The van der Waals surface area contributed by atoms with Gasteiger partial charge in [0.1, 0.15) is 4.90 Å². The molecule has 1 saturated heterocycles. The number of anilines is 1. The number of halogens is 1. The molecule has 1 aliphatic heterocycles. The third-order valence-electron chi connectivity index (χ3n) is 4.27. The van der Waals surface area contributed by atoms with Gasteiger partial charge in [-0.3, -0.25) is 0 Å². The molecule has 0 radical (unpaired) electrons. The molecule has 3 rings (SSSR count). The molecule has 0 spiro atoms. The normalized spacial score (nSPS) is 22.9. The largest absolute Gasteiger partial charge is 0.504 e. The predicted octanol–water partition coefficient (Wildman–Crippen LogP) is 2.45. The summed E-state index contributed by atoms with van der Waals surface area (Å²) in [7, 11) is -3.87. The van der Waals surface area contributed by atoms with Crippen molar-refractivity contribution in [3.05, 3.63) is 29.3 Å². The first-order chi connectivity index (χ1) is 11.9. The van der Waals surface area contributed by atoms with Crippen molar-refractivity contribution in [3.8, 4) is 5.75 Å². The highest BCUT2D eigenvalue weighted by Crippen LogP contribution is 2.39. The fourth-order valence-corrected chi connectivity index (χ4v) is 5.13. The Balaban J connectivity index is 1.84. The van der Waals surface area contributed by atoms with Gasteiger partial charge in [-0.05, 0) is 31.4 Å². The van der Waals surface area contributed by atoms with Crippen LogP contribution in [0.1, 0.15) is 19.3 Å². The van der Waals surface area contributed by atoms with Gasteiger partial charge in [0.2, 0.25) is 0 Å². The second-order valence-electron chi connectivity index (χ2n) is 6.01. The summed E-state index contributed by atoms with van der Waals surface area (Å²) in [6, 6.07) is 2.11. The van der Waals surface area contributed by atoms with Crippen molar-refractivity contribution in [2.75, 3.05) is 18.5 Å². The van der Waals surface area contributed by atoms with E-state index in [4.69, 9.17) is 16.3 Å². The van der Waals surface area contributed by atoms with Gasteiger partial charge in [0.25, 0.3) is 0 Å². The minimum absolute atomic E-state index is 0.0126. The highest BCUT2D eigenvalue weighted by molar-refractivity contribution is 7.92. The summed E-state index contributed by atoms with van der Waals surface area (Å²) < 4.78 is 30.6. The number of allylic oxidation sites excluding steroid dienone is 1. The van der Waals surface area contributed by atoms with Crippen LogP contribution in [0.5, 0.6) is 5.75 Å². The molecule has 1 aromatic carbocycles. The first kappa shape index (κ1) is 18.0. The van der Waals surface area contributed by atoms with Gasteiger partial charge in [0, 0.05) is 12.6 Å². The fourth-order valence-electron chi connectivity index (χ4n) is 2.92. The number of rotatable bonds is 4. The lowest BCUT2D eigenvalue weighted by atomic mass is 10.2. The van der Waals surface area contributed by atoms with Crippen molar-refractivity contribution in [2.24, 2.45) is 0 Å². The molecule has 9 heteroatoms. The molecule has 1 fully saturated rings. The van der Waals surface area contributed by atoms with Crippen LogP contribution in [0.2, 0.25) is 5.02 Å². The lowest BCUT2D eigenvalue weighted by molar-refractivity contribution is 0.198. The van der Waals surface area contributed by atoms with Crippen LogP contribution in [0.4, 0.5) is 10.5 Å². The number of benzene rings is 1. The summed E-state index contributed by atoms with van der Waals surface area (Å²) in [5, 5.41) is 14.8. The molecule has 136 valence electrons. The molecular formula is C16H19ClN2O5S. The molecule has 2 atom stereocenters. The van der Waals surface area contributed by atoms with Crippen molar-refractivity contribution in [1.29, 1.82) is 0 Å². The van der Waals surface area contributed by atoms with Crippen molar-refractivity contribution in [1.82, 2.24) is 5.32 Å². The quantitative estimate of drug-likeness (QED) is 0.544. The third-order valence-corrected chi connectivity index (χ3v) is 6.93. The van der Waals surface area contributed by atoms with Crippen LogP contribution in [0.3, 0.4) is 0 Å². The lowest BCUT2D eigenvalue weighted by Crippen LogP contribution is -2.35. The van der Waals surface area contributed by atoms with Gasteiger partial charge < -0.3 is 20.5 Å². The molecule has 1 aliphatic carbocycles. The summed E-state index contributed by atoms with van der Waals surface area (Å²) in [5.74, 6) is -0.559. The lowest BCUT2D eigenvalue weighted by Gasteiger charge is -2.17. The molecule has 1 aromatic rings. The van der Waals surface area contributed by atoms with Gasteiger partial charge in [-0.25, -0.2) is 13.2 Å². The maximum atomic E-state index is 12.7. The predicted molar refractivity (Wildman–Crippen MR) is 93.8 cm³/mol. The average Bonchev–Trinajstić information content (AvgIpc) is 3.23. The van der Waals surface area contributed by atoms with Crippen LogP contribution >= 0.6 is 11.6 Å². The van der Waals surface area contributed by atoms with Gasteiger partial charge in [-0.2, -0.15) is 0 Å². The molecule has 25 heavy (non-hydrogen) atoms. The van der Waals surface area contributed by atoms with Crippen molar-refractivity contribution < 1.29 is 23.1 Å². The van der Waals surface area contributed by atoms with E-state index in [-0.39, 0.29) is 28.3 Å². The summed E-state index contributed by atoms with van der Waals surface area (Å²) >= 11 is 6.02. The second-order valence-corrected chi connectivity index (χ2v) is 8.59. The summed E-state index contributed by atoms with van der Waals surface area (Å²) in [6.45, 7) is 0.405. The maximum absolute atomic E-state index is 12.7. The van der Waals surface area contributed by atoms with Crippen molar-refractivity contribution in [3.63, 3.8) is 0 Å². The molecule has 2 aliphatic rings. The number of carbonyl (C=O) groups excluding carboxylic acids is 1. The number of amides is 2. The Kier molecular flexibility index (Phi) is 5.21. The van der Waals surface area contributed by atoms with E-state index in [9.17, 15) is 18.3 Å². The van der Waals surface area contributed by atoms with E-state index in [1.807, 2.05) is 12.2 Å². The minimum Gasteiger partial charge on any atom is -0.504 e. The van der Waals surface area contributed by atoms with E-state index >= 15 is 0 Å². The van der Waals surface area contributed by atoms with Crippen LogP contribution < -0.4 is 10.6 Å². The molecule has 0 saturated carbocycles. The maximum Gasteiger partial charge on any atom is 0.319 e. The van der Waals surface area contributed by atoms with Crippen LogP contribution in [-0.4, -0.2) is 44.1 Å². The van der Waals surface area contributed by atoms with Gasteiger partial charge in [-0.15, -0.1) is 0 Å². The zero-order valence-corrected chi connectivity index (χ0v) is 14.9. The monoisotopic (exact) mass is 386 g/mol. The van der Waals surface area contributed by atoms with E-state index in [0.717, 1.165) is 12.8 Å². The van der Waals surface area contributed by atoms with Crippen LogP contribution in [0.15, 0.2) is 29.2 Å². The molecule has 1 heterocycles. The zero-order chi connectivity index (χ0) is 18.0. The van der Waals surface area contributed by atoms with Crippen LogP contribution in [0.25, 0.3) is 0 Å². The van der Waals surface area contributed by atoms with Crippen molar-refractivity contribution >= 4 is 33.2 Å². The van der Waals surface area contributed by atoms with Crippen molar-refractivity contribution in [2.45, 2.75) is 35.4 Å². The average molecular weight is 387 g/mol. The van der Waals surface area contributed by atoms with E-state index in [2.05, 4.69) is 10.6 Å². The molecular weight excluding hydrogens is 368 g/mol. The summed E-state index contributed by atoms with van der Waals surface area (Å²) in [6.07, 6.45) is 5.89. The number of nitrogens with one attached hydrogen (secondary N) is 2. The number of phenols is 1. The SMILES string of the molecule is O=C(Nc1ccc(Cl)c(S(=O)(=O)[C@H]2CCOC2)c1O)NC1C=CCC1. The summed E-state index contributed by atoms with van der Waals surface area (Å²) in [5.41, 5.74) is -0.0126. The Morgan fingerprint density at radius 2 is 2.12 bits per heavy atom. The topological polar surface area (TPSA) is 105 Å². The number of aromatic hydroxyl groups is 1. The second kappa shape index (κ2) is 7.23. The third kappa shape index (κ3) is 3.75. The Hall–Kier alpha value is -1.77. The van der Waals surface area contributed by atoms with Gasteiger partial charge >= 0.3 is 6.03 Å². The first-order valence-corrected chi connectivity index (χ1v) is 9.89. The molecule has 1 unspecified atom stereocenters. The van der Waals surface area contributed by atoms with E-state index in [1.54, 1.807) is 0 Å². The van der Waals surface area contributed by atoms with E-state index in [1.165, 1.54) is 12.1 Å². The number of hydrogen-bond donors (Lipinski definition) is 3. The fraction of sp³-hybridized carbons (Fsp3) is 0.438. The highest BCUT2D eigenvalue weighted by atomic mass is 35.5. The number of ether oxygens (including phenoxy) is 1. The number of carbonyl (C=O) groups is 1. The Morgan fingerprint density at radius 1 is 1.32 bits per heavy atom. The first-order valence-electron chi connectivity index (χ1n) is 7.97. The van der Waals surface area contributed by atoms with Gasteiger partial charge in [-0.1, -0.05) is 23.8 Å². The standard InChI is InChI=1S/C16H19ClN2O5S/c17-12-5-6-13(19-16(21)18-10-3-1-2-4-10)14(20)15(12)25(22,23)11-7-8-24-9-11/h1,3,5-6,10-11,20H,2,4,7-9H2,(H2,18,19,21)/t10?,11-/m0/s1. The highest BCUT2D eigenvalue weighted by Gasteiger charge is 2.35.